The number of carbonyl (C=O) groups is 1. The van der Waals surface area contributed by atoms with Gasteiger partial charge in [-0.25, -0.2) is 4.98 Å². The lowest BCUT2D eigenvalue weighted by molar-refractivity contribution is -0.127. The molecule has 0 saturated carbocycles. The summed E-state index contributed by atoms with van der Waals surface area (Å²) in [5.74, 6) is 1.31. The molecule has 1 heterocycles. The molecule has 0 saturated heterocycles. The van der Waals surface area contributed by atoms with Crippen molar-refractivity contribution in [3.63, 3.8) is 0 Å². The topological polar surface area (TPSA) is 49.0 Å². The van der Waals surface area contributed by atoms with Crippen LogP contribution in [0.15, 0.2) is 45.8 Å². The molecule has 3 rings (SSSR count). The highest BCUT2D eigenvalue weighted by molar-refractivity contribution is 9.10. The average molecular weight is 418 g/mol. The Hall–Kier alpha value is -1.79. The van der Waals surface area contributed by atoms with Gasteiger partial charge in [0.2, 0.25) is 5.91 Å². The number of aromatic nitrogens is 2. The molecule has 1 amide bonds. The van der Waals surface area contributed by atoms with Gasteiger partial charge in [-0.15, -0.1) is 11.8 Å². The molecule has 2 aromatic carbocycles. The van der Waals surface area contributed by atoms with Crippen molar-refractivity contribution in [2.45, 2.75) is 25.3 Å². The van der Waals surface area contributed by atoms with Gasteiger partial charge < -0.3 is 9.88 Å². The molecule has 1 aromatic heterocycles. The second kappa shape index (κ2) is 7.62. The zero-order valence-electron chi connectivity index (χ0n) is 14.5. The minimum atomic E-state index is 0.0884. The number of nitrogens with one attached hydrogen (secondary N) is 1. The van der Waals surface area contributed by atoms with Gasteiger partial charge in [-0.1, -0.05) is 28.1 Å². The number of nitrogens with zero attached hydrogens (tertiary/aromatic N) is 2. The number of H-pyrrole nitrogens is 1. The molecule has 25 heavy (non-hydrogen) atoms. The number of amides is 1. The number of hydrogen-bond acceptors (Lipinski definition) is 3. The van der Waals surface area contributed by atoms with Crippen LogP contribution < -0.4 is 0 Å². The van der Waals surface area contributed by atoms with E-state index in [9.17, 15) is 4.79 Å². The van der Waals surface area contributed by atoms with Crippen LogP contribution in [0.5, 0.6) is 0 Å². The molecule has 0 aliphatic rings. The number of rotatable bonds is 5. The molecule has 1 N–H and O–H groups in total. The molecule has 130 valence electrons. The fraction of sp³-hybridized carbons (Fsp3) is 0.263. The van der Waals surface area contributed by atoms with E-state index in [4.69, 9.17) is 0 Å². The van der Waals surface area contributed by atoms with Crippen molar-refractivity contribution in [3.05, 3.63) is 57.8 Å². The van der Waals surface area contributed by atoms with Gasteiger partial charge >= 0.3 is 0 Å². The van der Waals surface area contributed by atoms with Crippen molar-refractivity contribution in [1.82, 2.24) is 14.9 Å². The van der Waals surface area contributed by atoms with E-state index in [0.717, 1.165) is 26.2 Å². The van der Waals surface area contributed by atoms with Crippen LogP contribution in [0.2, 0.25) is 0 Å². The predicted octanol–water partition coefficient (Wildman–Crippen LogP) is 4.69. The molecule has 0 fully saturated rings. The third-order valence-electron chi connectivity index (χ3n) is 4.06. The maximum absolute atomic E-state index is 12.5. The lowest BCUT2D eigenvalue weighted by Gasteiger charge is -2.16. The number of imidazole rings is 1. The van der Waals surface area contributed by atoms with E-state index >= 15 is 0 Å². The molecule has 0 atom stereocenters. The smallest absolute Gasteiger partial charge is 0.233 e. The second-order valence-corrected chi connectivity index (χ2v) is 7.98. The maximum atomic E-state index is 12.5. The Morgan fingerprint density at radius 3 is 2.76 bits per heavy atom. The molecule has 0 spiro atoms. The van der Waals surface area contributed by atoms with Gasteiger partial charge in [-0.2, -0.15) is 0 Å². The summed E-state index contributed by atoms with van der Waals surface area (Å²) in [4.78, 5) is 23.1. The highest BCUT2D eigenvalue weighted by Crippen LogP contribution is 2.28. The van der Waals surface area contributed by atoms with Gasteiger partial charge in [0.1, 0.15) is 5.82 Å². The van der Waals surface area contributed by atoms with Gasteiger partial charge in [0.15, 0.2) is 0 Å². The van der Waals surface area contributed by atoms with Crippen molar-refractivity contribution in [3.8, 4) is 0 Å². The number of carbonyl (C=O) groups excluding carboxylic acids is 1. The Balaban J connectivity index is 1.62. The van der Waals surface area contributed by atoms with Crippen molar-refractivity contribution >= 4 is 44.6 Å². The minimum Gasteiger partial charge on any atom is -0.340 e. The van der Waals surface area contributed by atoms with E-state index in [2.05, 4.69) is 51.9 Å². The first-order chi connectivity index (χ1) is 11.9. The zero-order valence-corrected chi connectivity index (χ0v) is 16.9. The summed E-state index contributed by atoms with van der Waals surface area (Å²) in [5.41, 5.74) is 4.27. The molecule has 6 heteroatoms. The first kappa shape index (κ1) is 18.0. The van der Waals surface area contributed by atoms with Crippen molar-refractivity contribution in [1.29, 1.82) is 0 Å². The standard InChI is InChI=1S/C19H20BrN3OS/c1-12-9-17(13(2)8-14(12)20)25-11-19(24)23(3)10-18-21-15-6-4-5-7-16(15)22-18/h4-9H,10-11H2,1-3H3,(H,21,22). The van der Waals surface area contributed by atoms with Crippen LogP contribution in [0.1, 0.15) is 17.0 Å². The summed E-state index contributed by atoms with van der Waals surface area (Å²) < 4.78 is 1.10. The van der Waals surface area contributed by atoms with Crippen molar-refractivity contribution < 1.29 is 4.79 Å². The molecule has 4 nitrogen and oxygen atoms in total. The molecule has 0 radical (unpaired) electrons. The quantitative estimate of drug-likeness (QED) is 0.612. The van der Waals surface area contributed by atoms with Crippen LogP contribution in [-0.2, 0) is 11.3 Å². The Bertz CT molecular complexity index is 889. The van der Waals surface area contributed by atoms with Crippen LogP contribution in [0.3, 0.4) is 0 Å². The third-order valence-corrected chi connectivity index (χ3v) is 6.05. The summed E-state index contributed by atoms with van der Waals surface area (Å²) in [6.07, 6.45) is 0. The van der Waals surface area contributed by atoms with Gasteiger partial charge in [0, 0.05) is 16.4 Å². The van der Waals surface area contributed by atoms with Gasteiger partial charge in [-0.3, -0.25) is 4.79 Å². The highest BCUT2D eigenvalue weighted by atomic mass is 79.9. The zero-order chi connectivity index (χ0) is 18.0. The maximum Gasteiger partial charge on any atom is 0.233 e. The fourth-order valence-corrected chi connectivity index (χ4v) is 4.06. The first-order valence-corrected chi connectivity index (χ1v) is 9.79. The fourth-order valence-electron chi connectivity index (χ4n) is 2.55. The van der Waals surface area contributed by atoms with Crippen molar-refractivity contribution in [2.75, 3.05) is 12.8 Å². The number of halogens is 1. The molecule has 0 aliphatic heterocycles. The SMILES string of the molecule is Cc1cc(SCC(=O)N(C)Cc2nc3ccccc3[nH]2)c(C)cc1Br. The largest absolute Gasteiger partial charge is 0.340 e. The molecule has 0 aliphatic carbocycles. The summed E-state index contributed by atoms with van der Waals surface area (Å²) in [6.45, 7) is 4.60. The molecule has 0 unspecified atom stereocenters. The van der Waals surface area contributed by atoms with Crippen molar-refractivity contribution in [2.24, 2.45) is 0 Å². The van der Waals surface area contributed by atoms with Crippen LogP contribution in [0.25, 0.3) is 11.0 Å². The van der Waals surface area contributed by atoms with E-state index in [-0.39, 0.29) is 5.91 Å². The summed E-state index contributed by atoms with van der Waals surface area (Å²) in [7, 11) is 1.82. The molecule has 3 aromatic rings. The Labute approximate surface area is 160 Å². The number of aromatic amines is 1. The van der Waals surface area contributed by atoms with Gasteiger partial charge in [-0.05, 0) is 49.2 Å². The lowest BCUT2D eigenvalue weighted by atomic mass is 10.2. The van der Waals surface area contributed by atoms with Crippen LogP contribution in [0, 0.1) is 13.8 Å². The first-order valence-electron chi connectivity index (χ1n) is 8.01. The van der Waals surface area contributed by atoms with Crippen LogP contribution in [-0.4, -0.2) is 33.6 Å². The molecular formula is C19H20BrN3OS. The normalized spacial score (nSPS) is 11.0. The van der Waals surface area contributed by atoms with E-state index in [1.54, 1.807) is 16.7 Å². The van der Waals surface area contributed by atoms with Gasteiger partial charge in [0.05, 0.1) is 23.3 Å². The van der Waals surface area contributed by atoms with E-state index in [1.807, 2.05) is 31.3 Å². The number of aryl methyl sites for hydroxylation is 2. The van der Waals surface area contributed by atoms with E-state index in [0.29, 0.717) is 12.3 Å². The van der Waals surface area contributed by atoms with Crippen LogP contribution in [0.4, 0.5) is 0 Å². The Kier molecular flexibility index (Phi) is 5.49. The average Bonchev–Trinajstić information content (AvgIpc) is 2.98. The number of para-hydroxylation sites is 2. The van der Waals surface area contributed by atoms with Crippen LogP contribution >= 0.6 is 27.7 Å². The Morgan fingerprint density at radius 2 is 2.00 bits per heavy atom. The number of thioether (sulfide) groups is 1. The second-order valence-electron chi connectivity index (χ2n) is 6.11. The summed E-state index contributed by atoms with van der Waals surface area (Å²) >= 11 is 5.12. The minimum absolute atomic E-state index is 0.0884. The highest BCUT2D eigenvalue weighted by Gasteiger charge is 2.13. The number of hydrogen-bond donors (Lipinski definition) is 1. The van der Waals surface area contributed by atoms with E-state index in [1.165, 1.54) is 11.1 Å². The van der Waals surface area contributed by atoms with E-state index < -0.39 is 0 Å². The van der Waals surface area contributed by atoms with Gasteiger partial charge in [0.25, 0.3) is 0 Å². The monoisotopic (exact) mass is 417 g/mol. The lowest BCUT2D eigenvalue weighted by Crippen LogP contribution is -2.28. The third kappa shape index (κ3) is 4.25. The summed E-state index contributed by atoms with van der Waals surface area (Å²) in [5, 5.41) is 0. The number of fused-ring (bicyclic) bond motifs is 1. The Morgan fingerprint density at radius 1 is 1.24 bits per heavy atom. The molecular weight excluding hydrogens is 398 g/mol. The predicted molar refractivity (Wildman–Crippen MR) is 107 cm³/mol. The molecule has 0 bridgehead atoms. The summed E-state index contributed by atoms with van der Waals surface area (Å²) in [6, 6.07) is 12.1. The number of benzene rings is 2.